The van der Waals surface area contributed by atoms with Crippen molar-refractivity contribution in [3.05, 3.63) is 0 Å². The lowest BCUT2D eigenvalue weighted by atomic mass is 10.0. The van der Waals surface area contributed by atoms with E-state index in [1.54, 1.807) is 0 Å². The van der Waals surface area contributed by atoms with Crippen LogP contribution in [-0.2, 0) is 43.0 Å². The van der Waals surface area contributed by atoms with Crippen molar-refractivity contribution in [3.63, 3.8) is 0 Å². The molecule has 0 saturated carbocycles. The van der Waals surface area contributed by atoms with Crippen LogP contribution in [0, 0.1) is 5.92 Å². The summed E-state index contributed by atoms with van der Waals surface area (Å²) in [7, 11) is 0. The van der Waals surface area contributed by atoms with Crippen molar-refractivity contribution in [1.29, 1.82) is 0 Å². The molecule has 0 aromatic rings. The summed E-state index contributed by atoms with van der Waals surface area (Å²) in [4.78, 5) is 81.3. The fourth-order valence-electron chi connectivity index (χ4n) is 12.8. The van der Waals surface area contributed by atoms with Gasteiger partial charge in [-0.25, -0.2) is 0 Å². The second-order valence-corrected chi connectivity index (χ2v) is 28.3. The summed E-state index contributed by atoms with van der Waals surface area (Å²) in [6.07, 6.45) is 57.6. The average molecular weight is 1330 g/mol. The highest BCUT2D eigenvalue weighted by molar-refractivity contribution is 5.85. The third kappa shape index (κ3) is 62.3. The molecule has 0 aromatic carbocycles. The van der Waals surface area contributed by atoms with Crippen molar-refractivity contribution in [2.45, 2.75) is 420 Å². The van der Waals surface area contributed by atoms with Crippen molar-refractivity contribution < 1.29 is 48.1 Å². The van der Waals surface area contributed by atoms with E-state index >= 15 is 0 Å². The van der Waals surface area contributed by atoms with Crippen LogP contribution in [0.15, 0.2) is 0 Å². The van der Waals surface area contributed by atoms with Crippen LogP contribution in [0.1, 0.15) is 402 Å². The van der Waals surface area contributed by atoms with Gasteiger partial charge in [-0.1, -0.05) is 254 Å². The van der Waals surface area contributed by atoms with Crippen LogP contribution in [-0.4, -0.2) is 121 Å². The molecule has 0 aromatic heterocycles. The van der Waals surface area contributed by atoms with Gasteiger partial charge in [0.1, 0.15) is 18.3 Å². The molecule has 3 atom stereocenters. The van der Waals surface area contributed by atoms with Gasteiger partial charge < -0.3 is 39.8 Å². The maximum atomic E-state index is 13.5. The fraction of sp³-hybridized carbons (Fsp3) is 0.925. The molecule has 14 heteroatoms. The molecular formula is C80H154N4O10. The minimum atomic E-state index is -0.746. The quantitative estimate of drug-likeness (QED) is 0.0298. The van der Waals surface area contributed by atoms with Crippen LogP contribution < -0.4 is 10.6 Å². The number of carbonyl (C=O) groups is 6. The number of nitrogens with zero attached hydrogens (tertiary/aromatic N) is 2. The summed E-state index contributed by atoms with van der Waals surface area (Å²) >= 11 is 0. The zero-order valence-corrected chi connectivity index (χ0v) is 62.9. The number of unbranched alkanes of at least 4 members (excludes halogenated alkanes) is 36. The Morgan fingerprint density at radius 3 is 0.915 bits per heavy atom. The molecule has 2 amide bonds. The van der Waals surface area contributed by atoms with Crippen molar-refractivity contribution in [2.75, 3.05) is 52.4 Å². The topological polar surface area (TPSA) is 181 Å². The Bertz CT molecular complexity index is 1720. The number of hydrogen-bond donors (Lipinski definition) is 3. The number of carboxylic acids is 1. The SMILES string of the molecule is CCCCCCCCCCC(CC)OC(=O)CCCCCN(CCCCCCCC(=O)O)CCNC(=O)CC(C)C(=O)NCCN(CCCCCCCC(=O)OC(CCCCCCCC)CCCCCCCC)CCCCCC(=O)OC(CC)CCCCCCCCCC. The molecule has 94 heavy (non-hydrogen) atoms. The highest BCUT2D eigenvalue weighted by Crippen LogP contribution is 2.21. The molecule has 0 fully saturated rings. The van der Waals surface area contributed by atoms with E-state index in [1.807, 2.05) is 6.92 Å². The smallest absolute Gasteiger partial charge is 0.306 e. The maximum Gasteiger partial charge on any atom is 0.306 e. The molecule has 3 N–H and O–H groups in total. The number of ether oxygens (including phenoxy) is 3. The molecule has 14 nitrogen and oxygen atoms in total. The Hall–Kier alpha value is -3.26. The van der Waals surface area contributed by atoms with Gasteiger partial charge in [-0.05, 0) is 142 Å². The highest BCUT2D eigenvalue weighted by atomic mass is 16.6. The third-order valence-corrected chi connectivity index (χ3v) is 19.2. The first kappa shape index (κ1) is 90.7. The van der Waals surface area contributed by atoms with Crippen molar-refractivity contribution >= 4 is 35.7 Å². The van der Waals surface area contributed by atoms with Gasteiger partial charge >= 0.3 is 23.9 Å². The molecule has 3 unspecified atom stereocenters. The molecule has 0 rings (SSSR count). The van der Waals surface area contributed by atoms with Gasteiger partial charge in [-0.2, -0.15) is 0 Å². The second-order valence-electron chi connectivity index (χ2n) is 28.3. The van der Waals surface area contributed by atoms with Crippen molar-refractivity contribution in [2.24, 2.45) is 5.92 Å². The standard InChI is InChI=1S/C80H154N4O10/c1-8-14-18-22-26-28-34-42-54-72(12-5)92-77(88)60-48-40-52-66-83(64-50-38-30-36-46-58-76(86)87)68-62-81-75(85)70-71(7)80(91)82-63-69-84(67-53-41-49-61-78(89)93-73(13-6)55-43-35-29-27-23-19-15-9-2)65-51-39-31-37-47-59-79(90)94-74(56-44-32-24-20-16-10-3)57-45-33-25-21-17-11-4/h71-74H,8-70H2,1-7H3,(H,81,85)(H,82,91)(H,86,87). The lowest BCUT2D eigenvalue weighted by Crippen LogP contribution is -2.40. The van der Waals surface area contributed by atoms with E-state index in [1.165, 1.54) is 154 Å². The number of carboxylic acid groups (broad SMARTS) is 1. The van der Waals surface area contributed by atoms with Crippen molar-refractivity contribution in [1.82, 2.24) is 20.4 Å². The molecule has 0 aliphatic carbocycles. The first-order valence-electron chi connectivity index (χ1n) is 40.6. The molecule has 0 aliphatic heterocycles. The van der Waals surface area contributed by atoms with E-state index in [0.717, 1.165) is 187 Å². The van der Waals surface area contributed by atoms with Gasteiger partial charge in [0.2, 0.25) is 11.8 Å². The van der Waals surface area contributed by atoms with Crippen LogP contribution in [0.2, 0.25) is 0 Å². The Labute approximate surface area is 579 Å². The molecule has 0 heterocycles. The zero-order valence-electron chi connectivity index (χ0n) is 62.9. The monoisotopic (exact) mass is 1330 g/mol. The zero-order chi connectivity index (χ0) is 69.0. The Morgan fingerprint density at radius 1 is 0.319 bits per heavy atom. The predicted molar refractivity (Wildman–Crippen MR) is 393 cm³/mol. The first-order valence-corrected chi connectivity index (χ1v) is 40.6. The van der Waals surface area contributed by atoms with Crippen LogP contribution in [0.5, 0.6) is 0 Å². The van der Waals surface area contributed by atoms with E-state index in [9.17, 15) is 28.8 Å². The number of rotatable bonds is 74. The van der Waals surface area contributed by atoms with E-state index in [2.05, 4.69) is 62.0 Å². The molecule has 0 radical (unpaired) electrons. The van der Waals surface area contributed by atoms with E-state index in [4.69, 9.17) is 19.3 Å². The normalized spacial score (nSPS) is 12.6. The van der Waals surface area contributed by atoms with Gasteiger partial charge in [0.05, 0.1) is 0 Å². The van der Waals surface area contributed by atoms with Gasteiger partial charge in [0.15, 0.2) is 0 Å². The molecule has 0 saturated heterocycles. The summed E-state index contributed by atoms with van der Waals surface area (Å²) in [6, 6.07) is 0. The highest BCUT2D eigenvalue weighted by Gasteiger charge is 2.20. The molecule has 0 aliphatic rings. The molecule has 0 bridgehead atoms. The third-order valence-electron chi connectivity index (χ3n) is 19.2. The number of aliphatic carboxylic acids is 1. The predicted octanol–water partition coefficient (Wildman–Crippen LogP) is 20.9. The van der Waals surface area contributed by atoms with E-state index < -0.39 is 11.9 Å². The molecular weight excluding hydrogens is 1180 g/mol. The summed E-state index contributed by atoms with van der Waals surface area (Å²) in [5.41, 5.74) is 0. The van der Waals surface area contributed by atoms with Crippen molar-refractivity contribution in [3.8, 4) is 0 Å². The summed E-state index contributed by atoms with van der Waals surface area (Å²) in [5.74, 6) is -1.69. The van der Waals surface area contributed by atoms with Crippen LogP contribution in [0.4, 0.5) is 0 Å². The number of carbonyl (C=O) groups excluding carboxylic acids is 5. The first-order chi connectivity index (χ1) is 45.8. The number of nitrogens with one attached hydrogen (secondary N) is 2. The number of hydrogen-bond acceptors (Lipinski definition) is 11. The van der Waals surface area contributed by atoms with Gasteiger partial charge in [-0.15, -0.1) is 0 Å². The van der Waals surface area contributed by atoms with Gasteiger partial charge in [0.25, 0.3) is 0 Å². The Balaban J connectivity index is 5.30. The van der Waals surface area contributed by atoms with E-state index in [0.29, 0.717) is 51.9 Å². The minimum absolute atomic E-state index is 0.00768. The van der Waals surface area contributed by atoms with Gasteiger partial charge in [-0.3, -0.25) is 28.8 Å². The second kappa shape index (κ2) is 69.6. The molecule has 0 spiro atoms. The lowest BCUT2D eigenvalue weighted by Gasteiger charge is -2.23. The summed E-state index contributed by atoms with van der Waals surface area (Å²) in [6.45, 7) is 20.9. The fourth-order valence-corrected chi connectivity index (χ4v) is 12.8. The van der Waals surface area contributed by atoms with Crippen LogP contribution >= 0.6 is 0 Å². The maximum absolute atomic E-state index is 13.5. The van der Waals surface area contributed by atoms with E-state index in [-0.39, 0.29) is 60.9 Å². The summed E-state index contributed by atoms with van der Waals surface area (Å²) < 4.78 is 17.9. The number of amides is 2. The Kier molecular flexibility index (Phi) is 67.2. The Morgan fingerprint density at radius 2 is 0.585 bits per heavy atom. The number of esters is 3. The lowest BCUT2D eigenvalue weighted by molar-refractivity contribution is -0.150. The largest absolute Gasteiger partial charge is 0.481 e. The molecule has 554 valence electrons. The van der Waals surface area contributed by atoms with Crippen LogP contribution in [0.3, 0.4) is 0 Å². The van der Waals surface area contributed by atoms with Crippen LogP contribution in [0.25, 0.3) is 0 Å². The average Bonchev–Trinajstić information content (AvgIpc) is 3.28. The summed E-state index contributed by atoms with van der Waals surface area (Å²) in [5, 5.41) is 15.3. The minimum Gasteiger partial charge on any atom is -0.481 e. The van der Waals surface area contributed by atoms with Gasteiger partial charge in [0, 0.05) is 64.2 Å².